The predicted molar refractivity (Wildman–Crippen MR) is 86.2 cm³/mol. The van der Waals surface area contributed by atoms with Gasteiger partial charge in [-0.1, -0.05) is 34.1 Å². The largest absolute Gasteiger partial charge is 0.331 e. The number of amides is 1. The second-order valence-corrected chi connectivity index (χ2v) is 5.92. The monoisotopic (exact) mass is 344 g/mol. The zero-order valence-electron chi connectivity index (χ0n) is 11.7. The van der Waals surface area contributed by atoms with E-state index in [0.29, 0.717) is 12.6 Å². The summed E-state index contributed by atoms with van der Waals surface area (Å²) >= 11 is 3.42. The van der Waals surface area contributed by atoms with Crippen LogP contribution in [0.25, 0.3) is 0 Å². The van der Waals surface area contributed by atoms with Gasteiger partial charge in [0.1, 0.15) is 0 Å². The van der Waals surface area contributed by atoms with E-state index in [1.54, 1.807) is 6.20 Å². The van der Waals surface area contributed by atoms with Crippen molar-refractivity contribution in [2.75, 3.05) is 0 Å². The molecule has 3 rings (SSSR count). The van der Waals surface area contributed by atoms with Gasteiger partial charge in [0.2, 0.25) is 0 Å². The van der Waals surface area contributed by atoms with Crippen LogP contribution in [0.15, 0.2) is 48.8 Å². The van der Waals surface area contributed by atoms with Gasteiger partial charge in [0.15, 0.2) is 0 Å². The summed E-state index contributed by atoms with van der Waals surface area (Å²) in [6.07, 6.45) is 5.79. The SMILES string of the molecule is O=C(c1ccc(CBr)cc1)N(Cc1cccnc1)C1CC1. The van der Waals surface area contributed by atoms with Crippen molar-refractivity contribution in [1.29, 1.82) is 0 Å². The van der Waals surface area contributed by atoms with Crippen molar-refractivity contribution in [2.45, 2.75) is 30.8 Å². The van der Waals surface area contributed by atoms with Crippen LogP contribution in [-0.4, -0.2) is 21.8 Å². The molecule has 21 heavy (non-hydrogen) atoms. The Bertz CT molecular complexity index is 608. The number of hydrogen-bond donors (Lipinski definition) is 0. The van der Waals surface area contributed by atoms with Crippen LogP contribution in [0, 0.1) is 0 Å². The van der Waals surface area contributed by atoms with E-state index in [1.807, 2.05) is 47.5 Å². The number of carbonyl (C=O) groups excluding carboxylic acids is 1. The molecule has 1 saturated carbocycles. The summed E-state index contributed by atoms with van der Waals surface area (Å²) in [5.74, 6) is 0.113. The third kappa shape index (κ3) is 3.50. The van der Waals surface area contributed by atoms with Gasteiger partial charge in [0.05, 0.1) is 0 Å². The number of hydrogen-bond acceptors (Lipinski definition) is 2. The number of halogens is 1. The van der Waals surface area contributed by atoms with E-state index >= 15 is 0 Å². The number of rotatable bonds is 5. The summed E-state index contributed by atoms with van der Waals surface area (Å²) in [5.41, 5.74) is 3.02. The molecular formula is C17H17BrN2O. The highest BCUT2D eigenvalue weighted by molar-refractivity contribution is 9.08. The number of carbonyl (C=O) groups is 1. The fourth-order valence-corrected chi connectivity index (χ4v) is 2.72. The minimum absolute atomic E-state index is 0.113. The summed E-state index contributed by atoms with van der Waals surface area (Å²) < 4.78 is 0. The third-order valence-electron chi connectivity index (χ3n) is 3.68. The first-order valence-electron chi connectivity index (χ1n) is 7.12. The van der Waals surface area contributed by atoms with Crippen molar-refractivity contribution >= 4 is 21.8 Å². The Morgan fingerprint density at radius 1 is 1.19 bits per heavy atom. The molecule has 0 radical (unpaired) electrons. The topological polar surface area (TPSA) is 33.2 Å². The highest BCUT2D eigenvalue weighted by Crippen LogP contribution is 2.29. The van der Waals surface area contributed by atoms with Gasteiger partial charge in [0.25, 0.3) is 5.91 Å². The number of aromatic nitrogens is 1. The van der Waals surface area contributed by atoms with E-state index in [1.165, 1.54) is 5.56 Å². The maximum Gasteiger partial charge on any atom is 0.254 e. The molecule has 1 heterocycles. The van der Waals surface area contributed by atoms with E-state index in [-0.39, 0.29) is 5.91 Å². The minimum atomic E-state index is 0.113. The average molecular weight is 345 g/mol. The van der Waals surface area contributed by atoms with Crippen LogP contribution < -0.4 is 0 Å². The first-order chi connectivity index (χ1) is 10.3. The van der Waals surface area contributed by atoms with E-state index in [9.17, 15) is 4.79 Å². The Morgan fingerprint density at radius 3 is 2.52 bits per heavy atom. The summed E-state index contributed by atoms with van der Waals surface area (Å²) in [6, 6.07) is 12.1. The summed E-state index contributed by atoms with van der Waals surface area (Å²) in [6.45, 7) is 0.636. The van der Waals surface area contributed by atoms with Crippen molar-refractivity contribution in [3.63, 3.8) is 0 Å². The van der Waals surface area contributed by atoms with Crippen LogP contribution in [0.5, 0.6) is 0 Å². The first-order valence-corrected chi connectivity index (χ1v) is 8.25. The number of nitrogens with zero attached hydrogens (tertiary/aromatic N) is 2. The van der Waals surface area contributed by atoms with E-state index < -0.39 is 0 Å². The highest BCUT2D eigenvalue weighted by atomic mass is 79.9. The third-order valence-corrected chi connectivity index (χ3v) is 4.33. The van der Waals surface area contributed by atoms with Crippen molar-refractivity contribution in [1.82, 2.24) is 9.88 Å². The van der Waals surface area contributed by atoms with Gasteiger partial charge in [-0.3, -0.25) is 9.78 Å². The molecule has 1 aliphatic carbocycles. The lowest BCUT2D eigenvalue weighted by Crippen LogP contribution is -2.32. The molecule has 0 aliphatic heterocycles. The van der Waals surface area contributed by atoms with Gasteiger partial charge >= 0.3 is 0 Å². The minimum Gasteiger partial charge on any atom is -0.331 e. The second-order valence-electron chi connectivity index (χ2n) is 5.36. The molecule has 0 spiro atoms. The van der Waals surface area contributed by atoms with Gasteiger partial charge in [-0.2, -0.15) is 0 Å². The molecule has 4 heteroatoms. The molecule has 1 aromatic heterocycles. The number of alkyl halides is 1. The van der Waals surface area contributed by atoms with Gasteiger partial charge in [-0.25, -0.2) is 0 Å². The standard InChI is InChI=1S/C17H17BrN2O/c18-10-13-3-5-15(6-4-13)17(21)20(16-7-8-16)12-14-2-1-9-19-11-14/h1-6,9,11,16H,7-8,10,12H2. The van der Waals surface area contributed by atoms with Crippen molar-refractivity contribution < 1.29 is 4.79 Å². The molecule has 1 fully saturated rings. The van der Waals surface area contributed by atoms with Crippen molar-refractivity contribution in [2.24, 2.45) is 0 Å². The molecule has 108 valence electrons. The predicted octanol–water partition coefficient (Wildman–Crippen LogP) is 3.78. The summed E-state index contributed by atoms with van der Waals surface area (Å²) in [7, 11) is 0. The number of benzene rings is 1. The van der Waals surface area contributed by atoms with Crippen LogP contribution >= 0.6 is 15.9 Å². The van der Waals surface area contributed by atoms with Crippen LogP contribution in [0.1, 0.15) is 34.3 Å². The fraction of sp³-hybridized carbons (Fsp3) is 0.294. The van der Waals surface area contributed by atoms with Gasteiger partial charge in [-0.15, -0.1) is 0 Å². The lowest BCUT2D eigenvalue weighted by atomic mass is 10.1. The molecular weight excluding hydrogens is 328 g/mol. The summed E-state index contributed by atoms with van der Waals surface area (Å²) in [5, 5.41) is 0.809. The van der Waals surface area contributed by atoms with E-state index in [2.05, 4.69) is 20.9 Å². The fourth-order valence-electron chi connectivity index (χ4n) is 2.34. The Morgan fingerprint density at radius 2 is 1.95 bits per heavy atom. The molecule has 1 aromatic carbocycles. The molecule has 3 nitrogen and oxygen atoms in total. The first kappa shape index (κ1) is 14.3. The van der Waals surface area contributed by atoms with E-state index in [0.717, 1.165) is 29.3 Å². The lowest BCUT2D eigenvalue weighted by molar-refractivity contribution is 0.0730. The molecule has 1 aliphatic rings. The zero-order chi connectivity index (χ0) is 14.7. The second kappa shape index (κ2) is 6.39. The van der Waals surface area contributed by atoms with Crippen LogP contribution in [0.2, 0.25) is 0 Å². The molecule has 0 atom stereocenters. The number of pyridine rings is 1. The van der Waals surface area contributed by atoms with Gasteiger partial charge in [-0.05, 0) is 42.2 Å². The normalized spacial score (nSPS) is 14.0. The molecule has 0 unspecified atom stereocenters. The Kier molecular flexibility index (Phi) is 4.34. The van der Waals surface area contributed by atoms with Gasteiger partial charge in [0, 0.05) is 35.9 Å². The maximum atomic E-state index is 12.7. The van der Waals surface area contributed by atoms with Crippen molar-refractivity contribution in [3.05, 3.63) is 65.5 Å². The smallest absolute Gasteiger partial charge is 0.254 e. The van der Waals surface area contributed by atoms with Gasteiger partial charge < -0.3 is 4.90 Å². The molecule has 0 saturated heterocycles. The molecule has 0 N–H and O–H groups in total. The lowest BCUT2D eigenvalue weighted by Gasteiger charge is -2.22. The van der Waals surface area contributed by atoms with E-state index in [4.69, 9.17) is 0 Å². The molecule has 0 bridgehead atoms. The quantitative estimate of drug-likeness (QED) is 0.773. The summed E-state index contributed by atoms with van der Waals surface area (Å²) in [4.78, 5) is 18.8. The zero-order valence-corrected chi connectivity index (χ0v) is 13.3. The van der Waals surface area contributed by atoms with Crippen LogP contribution in [-0.2, 0) is 11.9 Å². The average Bonchev–Trinajstić information content (AvgIpc) is 3.38. The Balaban J connectivity index is 1.78. The molecule has 2 aromatic rings. The maximum absolute atomic E-state index is 12.7. The van der Waals surface area contributed by atoms with Crippen LogP contribution in [0.4, 0.5) is 0 Å². The Labute approximate surface area is 133 Å². The van der Waals surface area contributed by atoms with Crippen molar-refractivity contribution in [3.8, 4) is 0 Å². The molecule has 1 amide bonds. The highest BCUT2D eigenvalue weighted by Gasteiger charge is 2.33. The van der Waals surface area contributed by atoms with Crippen LogP contribution in [0.3, 0.4) is 0 Å². The Hall–Kier alpha value is -1.68.